The zero-order chi connectivity index (χ0) is 11.4. The summed E-state index contributed by atoms with van der Waals surface area (Å²) in [6, 6.07) is 4.40. The number of rotatable bonds is 4. The Morgan fingerprint density at radius 2 is 1.73 bits per heavy atom. The fourth-order valence-corrected chi connectivity index (χ4v) is 1.76. The summed E-state index contributed by atoms with van der Waals surface area (Å²) in [4.78, 5) is 0. The van der Waals surface area contributed by atoms with Gasteiger partial charge >= 0.3 is 0 Å². The molecule has 0 radical (unpaired) electrons. The molecule has 1 aromatic rings. The second-order valence-corrected chi connectivity index (χ2v) is 4.33. The van der Waals surface area contributed by atoms with Crippen LogP contribution in [0.25, 0.3) is 0 Å². The minimum atomic E-state index is 0.646. The molecule has 0 spiro atoms. The van der Waals surface area contributed by atoms with Gasteiger partial charge in [-0.3, -0.25) is 0 Å². The quantitative estimate of drug-likeness (QED) is 0.679. The number of aryl methyl sites for hydroxylation is 3. The van der Waals surface area contributed by atoms with E-state index in [0.29, 0.717) is 13.2 Å². The zero-order valence-electron chi connectivity index (χ0n) is 10.2. The van der Waals surface area contributed by atoms with Crippen molar-refractivity contribution in [1.82, 2.24) is 0 Å². The normalized spacial score (nSPS) is 10.4. The predicted molar refractivity (Wildman–Crippen MR) is 65.1 cm³/mol. The van der Waals surface area contributed by atoms with Crippen molar-refractivity contribution in [3.05, 3.63) is 46.5 Å². The summed E-state index contributed by atoms with van der Waals surface area (Å²) in [5, 5.41) is 0. The van der Waals surface area contributed by atoms with Gasteiger partial charge in [0.05, 0.1) is 13.2 Å². The van der Waals surface area contributed by atoms with Gasteiger partial charge in [0.25, 0.3) is 0 Å². The first-order valence-electron chi connectivity index (χ1n) is 5.29. The average molecular weight is 204 g/mol. The summed E-state index contributed by atoms with van der Waals surface area (Å²) < 4.78 is 5.58. The molecule has 0 saturated carbocycles. The van der Waals surface area contributed by atoms with Gasteiger partial charge in [0, 0.05) is 0 Å². The van der Waals surface area contributed by atoms with Crippen LogP contribution in [0.3, 0.4) is 0 Å². The zero-order valence-corrected chi connectivity index (χ0v) is 10.2. The summed E-state index contributed by atoms with van der Waals surface area (Å²) in [6.45, 7) is 13.5. The first-order chi connectivity index (χ1) is 7.00. The van der Waals surface area contributed by atoms with Crippen molar-refractivity contribution in [3.63, 3.8) is 0 Å². The van der Waals surface area contributed by atoms with E-state index >= 15 is 0 Å². The van der Waals surface area contributed by atoms with Crippen LogP contribution in [0.4, 0.5) is 0 Å². The van der Waals surface area contributed by atoms with Crippen LogP contribution in [-0.2, 0) is 11.3 Å². The van der Waals surface area contributed by atoms with E-state index in [9.17, 15) is 0 Å². The molecule has 0 fully saturated rings. The lowest BCUT2D eigenvalue weighted by Crippen LogP contribution is -2.00. The largest absolute Gasteiger partial charge is 0.372 e. The van der Waals surface area contributed by atoms with Crippen molar-refractivity contribution in [2.24, 2.45) is 0 Å². The van der Waals surface area contributed by atoms with Crippen LogP contribution < -0.4 is 0 Å². The van der Waals surface area contributed by atoms with Crippen LogP contribution in [-0.4, -0.2) is 6.61 Å². The molecule has 0 unspecified atom stereocenters. The maximum Gasteiger partial charge on any atom is 0.0726 e. The van der Waals surface area contributed by atoms with Crippen molar-refractivity contribution < 1.29 is 4.74 Å². The molecule has 0 N–H and O–H groups in total. The molecule has 0 aromatic heterocycles. The summed E-state index contributed by atoms with van der Waals surface area (Å²) in [6.07, 6.45) is 0. The first kappa shape index (κ1) is 12.0. The van der Waals surface area contributed by atoms with Crippen molar-refractivity contribution in [3.8, 4) is 0 Å². The van der Waals surface area contributed by atoms with E-state index in [1.807, 2.05) is 6.92 Å². The molecule has 1 heteroatoms. The van der Waals surface area contributed by atoms with Crippen molar-refractivity contribution in [1.29, 1.82) is 0 Å². The van der Waals surface area contributed by atoms with Gasteiger partial charge < -0.3 is 4.74 Å². The minimum absolute atomic E-state index is 0.646. The molecule has 1 rings (SSSR count). The molecule has 0 heterocycles. The van der Waals surface area contributed by atoms with Gasteiger partial charge in [-0.15, -0.1) is 0 Å². The molecular weight excluding hydrogens is 184 g/mol. The van der Waals surface area contributed by atoms with Gasteiger partial charge in [-0.05, 0) is 44.4 Å². The van der Waals surface area contributed by atoms with E-state index in [-0.39, 0.29) is 0 Å². The molecule has 0 aliphatic rings. The third kappa shape index (κ3) is 3.52. The van der Waals surface area contributed by atoms with Crippen LogP contribution in [0.2, 0.25) is 0 Å². The van der Waals surface area contributed by atoms with Crippen LogP contribution >= 0.6 is 0 Å². The summed E-state index contributed by atoms with van der Waals surface area (Å²) in [5.74, 6) is 0. The van der Waals surface area contributed by atoms with E-state index in [1.165, 1.54) is 22.3 Å². The van der Waals surface area contributed by atoms with E-state index in [1.54, 1.807) is 0 Å². The Balaban J connectivity index is 2.72. The highest BCUT2D eigenvalue weighted by Crippen LogP contribution is 2.17. The van der Waals surface area contributed by atoms with Gasteiger partial charge in [-0.25, -0.2) is 0 Å². The first-order valence-corrected chi connectivity index (χ1v) is 5.29. The highest BCUT2D eigenvalue weighted by Gasteiger charge is 2.03. The van der Waals surface area contributed by atoms with Crippen molar-refractivity contribution in [2.75, 3.05) is 6.61 Å². The van der Waals surface area contributed by atoms with E-state index in [4.69, 9.17) is 4.74 Å². The molecule has 0 atom stereocenters. The average Bonchev–Trinajstić information content (AvgIpc) is 2.08. The van der Waals surface area contributed by atoms with Crippen LogP contribution in [0.5, 0.6) is 0 Å². The smallest absolute Gasteiger partial charge is 0.0726 e. The molecule has 0 aliphatic heterocycles. The van der Waals surface area contributed by atoms with Crippen LogP contribution in [0.1, 0.15) is 29.2 Å². The Labute approximate surface area is 92.8 Å². The summed E-state index contributed by atoms with van der Waals surface area (Å²) in [7, 11) is 0. The number of benzene rings is 1. The van der Waals surface area contributed by atoms with Gasteiger partial charge in [-0.1, -0.05) is 29.8 Å². The van der Waals surface area contributed by atoms with Gasteiger partial charge in [0.15, 0.2) is 0 Å². The Bertz CT molecular complexity index is 341. The lowest BCUT2D eigenvalue weighted by molar-refractivity contribution is 0.142. The summed E-state index contributed by atoms with van der Waals surface area (Å²) in [5.41, 5.74) is 6.32. The van der Waals surface area contributed by atoms with Crippen LogP contribution in [0.15, 0.2) is 24.3 Å². The molecule has 82 valence electrons. The third-order valence-electron chi connectivity index (χ3n) is 2.44. The Kier molecular flexibility index (Phi) is 4.10. The molecular formula is C14H20O. The second kappa shape index (κ2) is 5.13. The third-order valence-corrected chi connectivity index (χ3v) is 2.44. The van der Waals surface area contributed by atoms with E-state index < -0.39 is 0 Å². The SMILES string of the molecule is C=C(C)COCc1c(C)cc(C)cc1C. The Morgan fingerprint density at radius 3 is 2.20 bits per heavy atom. The molecule has 15 heavy (non-hydrogen) atoms. The number of hydrogen-bond acceptors (Lipinski definition) is 1. The Hall–Kier alpha value is -1.08. The van der Waals surface area contributed by atoms with Crippen LogP contribution in [0, 0.1) is 20.8 Å². The van der Waals surface area contributed by atoms with Gasteiger partial charge in [0.1, 0.15) is 0 Å². The minimum Gasteiger partial charge on any atom is -0.372 e. The number of hydrogen-bond donors (Lipinski definition) is 0. The molecule has 0 saturated heterocycles. The monoisotopic (exact) mass is 204 g/mol. The van der Waals surface area contributed by atoms with Crippen molar-refractivity contribution in [2.45, 2.75) is 34.3 Å². The fourth-order valence-electron chi connectivity index (χ4n) is 1.76. The maximum atomic E-state index is 5.58. The lowest BCUT2D eigenvalue weighted by atomic mass is 10.0. The molecule has 1 aromatic carbocycles. The summed E-state index contributed by atoms with van der Waals surface area (Å²) >= 11 is 0. The molecule has 0 bridgehead atoms. The highest BCUT2D eigenvalue weighted by molar-refractivity contribution is 5.36. The van der Waals surface area contributed by atoms with E-state index in [2.05, 4.69) is 39.5 Å². The maximum absolute atomic E-state index is 5.58. The second-order valence-electron chi connectivity index (χ2n) is 4.33. The highest BCUT2D eigenvalue weighted by atomic mass is 16.5. The standard InChI is InChI=1S/C14H20O/c1-10(2)8-15-9-14-12(4)6-11(3)7-13(14)5/h6-7H,1,8-9H2,2-5H3. The fraction of sp³-hybridized carbons (Fsp3) is 0.429. The van der Waals surface area contributed by atoms with Gasteiger partial charge in [0.2, 0.25) is 0 Å². The molecule has 1 nitrogen and oxygen atoms in total. The predicted octanol–water partition coefficient (Wildman–Crippen LogP) is 3.70. The van der Waals surface area contributed by atoms with Crippen molar-refractivity contribution >= 4 is 0 Å². The number of ether oxygens (including phenoxy) is 1. The molecule has 0 aliphatic carbocycles. The lowest BCUT2D eigenvalue weighted by Gasteiger charge is -2.11. The topological polar surface area (TPSA) is 9.23 Å². The molecule has 0 amide bonds. The van der Waals surface area contributed by atoms with E-state index in [0.717, 1.165) is 5.57 Å². The van der Waals surface area contributed by atoms with Gasteiger partial charge in [-0.2, -0.15) is 0 Å². The Morgan fingerprint density at radius 1 is 1.20 bits per heavy atom.